The maximum atomic E-state index is 9.89. The third kappa shape index (κ3) is 27.1. The zero-order valence-corrected chi connectivity index (χ0v) is 16.5. The van der Waals surface area contributed by atoms with Gasteiger partial charge in [-0.15, -0.1) is 0 Å². The quantitative estimate of drug-likeness (QED) is 0.330. The van der Waals surface area contributed by atoms with Crippen LogP contribution in [0.5, 0.6) is 0 Å². The van der Waals surface area contributed by atoms with Crippen molar-refractivity contribution in [3.63, 3.8) is 0 Å². The van der Waals surface area contributed by atoms with Crippen LogP contribution < -0.4 is 51.4 Å². The Morgan fingerprint density at radius 2 is 1.35 bits per heavy atom. The fraction of sp³-hybridized carbons (Fsp3) is 0.867. The fourth-order valence-corrected chi connectivity index (χ4v) is 1.51. The fourth-order valence-electron chi connectivity index (χ4n) is 1.51. The van der Waals surface area contributed by atoms with E-state index in [1.54, 1.807) is 0 Å². The van der Waals surface area contributed by atoms with Crippen molar-refractivity contribution in [2.75, 3.05) is 0 Å². The number of aliphatic hydroxyl groups is 1. The van der Waals surface area contributed by atoms with Gasteiger partial charge in [-0.2, -0.15) is 6.42 Å². The molecule has 0 rings (SSSR count). The molecule has 0 bridgehead atoms. The van der Waals surface area contributed by atoms with Gasteiger partial charge in [-0.1, -0.05) is 64.7 Å². The van der Waals surface area contributed by atoms with E-state index in [4.69, 9.17) is 10.2 Å². The number of unbranched alkanes of at least 4 members (excludes halogenated alkanes) is 9. The number of carbonyl (C=O) groups excluding carboxylic acids is 1. The Balaban J connectivity index is -0.000000352. The van der Waals surface area contributed by atoms with Crippen molar-refractivity contribution >= 4 is 12.3 Å². The molecule has 0 fully saturated rings. The minimum Gasteiger partial charge on any atom is -0.542 e. The van der Waals surface area contributed by atoms with Crippen molar-refractivity contribution in [1.82, 2.24) is 0 Å². The molecule has 0 amide bonds. The van der Waals surface area contributed by atoms with Crippen molar-refractivity contribution in [3.8, 4) is 0 Å². The number of rotatable bonds is 11. The molecule has 4 nitrogen and oxygen atoms in total. The van der Waals surface area contributed by atoms with Crippen LogP contribution in [-0.2, 0) is 9.59 Å². The van der Waals surface area contributed by atoms with Crippen molar-refractivity contribution in [3.05, 3.63) is 0 Å². The molecule has 0 spiro atoms. The van der Waals surface area contributed by atoms with Gasteiger partial charge in [0.2, 0.25) is 0 Å². The van der Waals surface area contributed by atoms with Crippen molar-refractivity contribution < 1.29 is 71.2 Å². The second-order valence-corrected chi connectivity index (χ2v) is 4.74. The molecule has 0 aromatic rings. The van der Waals surface area contributed by atoms with Crippen LogP contribution in [0.2, 0.25) is 0 Å². The molecule has 0 aliphatic heterocycles. The molecule has 0 heterocycles. The summed E-state index contributed by atoms with van der Waals surface area (Å²) in [5.74, 6) is -1.19. The van der Waals surface area contributed by atoms with Gasteiger partial charge in [0.15, 0.2) is 0 Å². The smallest absolute Gasteiger partial charge is 0.542 e. The Morgan fingerprint density at radius 3 is 1.65 bits per heavy atom. The Labute approximate surface area is 166 Å². The molecule has 0 aliphatic carbocycles. The van der Waals surface area contributed by atoms with E-state index in [-0.39, 0.29) is 51.4 Å². The van der Waals surface area contributed by atoms with Gasteiger partial charge in [0.25, 0.3) is 0 Å². The summed E-state index contributed by atoms with van der Waals surface area (Å²) in [5.41, 5.74) is 0. The van der Waals surface area contributed by atoms with Crippen LogP contribution in [0.25, 0.3) is 0 Å². The van der Waals surface area contributed by atoms with E-state index < -0.39 is 12.1 Å². The van der Waals surface area contributed by atoms with Gasteiger partial charge in [0, 0.05) is 0 Å². The van der Waals surface area contributed by atoms with E-state index in [1.807, 2.05) is 6.29 Å². The minimum atomic E-state index is -1.23. The third-order valence-electron chi connectivity index (χ3n) is 2.74. The second kappa shape index (κ2) is 22.0. The average molecular weight is 312 g/mol. The molecule has 1 unspecified atom stereocenters. The van der Waals surface area contributed by atoms with E-state index in [9.17, 15) is 9.59 Å². The molecule has 0 aromatic carbocycles. The molecular formula is C15H29KO4. The average Bonchev–Trinajstić information content (AvgIpc) is 2.37. The standard InChI is InChI=1S/C12H23O.C3H6O3.K/c1-2-3-4-5-6-7-8-9-10-11-12-13;1-2(4)3(5)6;/h2-11H2,1H3;2,4H,1H3,(H,5,6);/q-1;;+1. The van der Waals surface area contributed by atoms with Gasteiger partial charge in [0.1, 0.15) is 6.10 Å². The van der Waals surface area contributed by atoms with Crippen LogP contribution in [0.3, 0.4) is 0 Å². The maximum Gasteiger partial charge on any atom is 1.00 e. The second-order valence-electron chi connectivity index (χ2n) is 4.74. The van der Waals surface area contributed by atoms with Crippen molar-refractivity contribution in [2.45, 2.75) is 84.2 Å². The number of carbonyl (C=O) groups is 1. The van der Waals surface area contributed by atoms with E-state index >= 15 is 0 Å². The predicted octanol–water partition coefficient (Wildman–Crippen LogP) is 0.473. The molecule has 0 saturated carbocycles. The van der Waals surface area contributed by atoms with E-state index in [0.717, 1.165) is 6.42 Å². The largest absolute Gasteiger partial charge is 1.00 e. The van der Waals surface area contributed by atoms with Gasteiger partial charge in [-0.3, -0.25) is 6.29 Å². The number of hydrogen-bond donors (Lipinski definition) is 2. The number of carboxylic acid groups (broad SMARTS) is 1. The first-order chi connectivity index (χ1) is 9.06. The van der Waals surface area contributed by atoms with Crippen LogP contribution in [0.1, 0.15) is 78.1 Å². The first-order valence-electron chi connectivity index (χ1n) is 7.32. The molecule has 1 atom stereocenters. The molecular weight excluding hydrogens is 283 g/mol. The normalized spacial score (nSPS) is 10.8. The van der Waals surface area contributed by atoms with Gasteiger partial charge in [-0.25, -0.2) is 4.79 Å². The summed E-state index contributed by atoms with van der Waals surface area (Å²) in [6.07, 6.45) is 13.1. The Hall–Kier alpha value is 0.736. The summed E-state index contributed by atoms with van der Waals surface area (Å²) >= 11 is 0. The zero-order chi connectivity index (χ0) is 14.9. The molecule has 114 valence electrons. The summed E-state index contributed by atoms with van der Waals surface area (Å²) < 4.78 is 0. The van der Waals surface area contributed by atoms with Crippen LogP contribution in [0.15, 0.2) is 0 Å². The van der Waals surface area contributed by atoms with Gasteiger partial charge < -0.3 is 15.0 Å². The maximum absolute atomic E-state index is 9.89. The van der Waals surface area contributed by atoms with Crippen LogP contribution in [-0.4, -0.2) is 28.6 Å². The monoisotopic (exact) mass is 312 g/mol. The topological polar surface area (TPSA) is 74.6 Å². The van der Waals surface area contributed by atoms with Gasteiger partial charge in [-0.05, 0) is 6.92 Å². The number of aliphatic hydroxyl groups excluding tert-OH is 1. The Bertz CT molecular complexity index is 208. The number of carboxylic acids is 1. The molecule has 0 aromatic heterocycles. The van der Waals surface area contributed by atoms with E-state index in [2.05, 4.69) is 6.92 Å². The third-order valence-corrected chi connectivity index (χ3v) is 2.74. The summed E-state index contributed by atoms with van der Waals surface area (Å²) in [6.45, 7) is 3.44. The van der Waals surface area contributed by atoms with E-state index in [0.29, 0.717) is 6.42 Å². The zero-order valence-electron chi connectivity index (χ0n) is 13.4. The first kappa shape index (κ1) is 25.7. The molecule has 2 N–H and O–H groups in total. The van der Waals surface area contributed by atoms with Crippen LogP contribution in [0.4, 0.5) is 0 Å². The van der Waals surface area contributed by atoms with Crippen molar-refractivity contribution in [1.29, 1.82) is 0 Å². The molecule has 0 radical (unpaired) electrons. The molecule has 20 heavy (non-hydrogen) atoms. The van der Waals surface area contributed by atoms with Crippen molar-refractivity contribution in [2.24, 2.45) is 0 Å². The molecule has 0 aliphatic rings. The number of hydrogen-bond acceptors (Lipinski definition) is 3. The van der Waals surface area contributed by atoms with Crippen LogP contribution in [0, 0.1) is 0 Å². The Kier molecular flexibility index (Phi) is 28.3. The summed E-state index contributed by atoms with van der Waals surface area (Å²) in [5, 5.41) is 15.8. The summed E-state index contributed by atoms with van der Waals surface area (Å²) in [6, 6.07) is 0. The number of aliphatic carboxylic acids is 1. The van der Waals surface area contributed by atoms with Gasteiger partial charge in [0.05, 0.1) is 0 Å². The predicted molar refractivity (Wildman–Crippen MR) is 76.9 cm³/mol. The molecule has 5 heteroatoms. The Morgan fingerprint density at radius 1 is 1.00 bits per heavy atom. The summed E-state index contributed by atoms with van der Waals surface area (Å²) in [7, 11) is 0. The first-order valence-corrected chi connectivity index (χ1v) is 7.32. The van der Waals surface area contributed by atoms with Gasteiger partial charge >= 0.3 is 57.4 Å². The SMILES string of the molecule is CC(O)C(=O)O.CCCCCCCCCCC[C-]=O.[K+]. The van der Waals surface area contributed by atoms with E-state index in [1.165, 1.54) is 58.3 Å². The summed E-state index contributed by atoms with van der Waals surface area (Å²) in [4.78, 5) is 19.3. The minimum absolute atomic E-state index is 0. The molecule has 0 saturated heterocycles. The van der Waals surface area contributed by atoms with Crippen LogP contribution >= 0.6 is 0 Å².